The van der Waals surface area contributed by atoms with Gasteiger partial charge in [0.1, 0.15) is 11.9 Å². The Labute approximate surface area is 167 Å². The van der Waals surface area contributed by atoms with E-state index in [9.17, 15) is 31.9 Å². The zero-order valence-corrected chi connectivity index (χ0v) is 16.9. The maximum absolute atomic E-state index is 14.5. The van der Waals surface area contributed by atoms with Crippen LogP contribution in [-0.4, -0.2) is 29.1 Å². The summed E-state index contributed by atoms with van der Waals surface area (Å²) in [5.41, 5.74) is -3.90. The molecule has 0 heterocycles. The number of allylic oxidation sites excluding steroid dienone is 2. The van der Waals surface area contributed by atoms with E-state index in [1.807, 2.05) is 6.08 Å². The summed E-state index contributed by atoms with van der Waals surface area (Å²) in [4.78, 5) is 11.4. The first-order chi connectivity index (χ1) is 13.3. The molecule has 4 aliphatic rings. The van der Waals surface area contributed by atoms with Gasteiger partial charge >= 0.3 is 12.1 Å². The molecule has 164 valence electrons. The number of hydrogen-bond donors (Lipinski definition) is 1. The maximum Gasteiger partial charge on any atom is 0.456 e. The van der Waals surface area contributed by atoms with Crippen LogP contribution in [0.15, 0.2) is 11.6 Å². The molecule has 1 N–H and O–H groups in total. The summed E-state index contributed by atoms with van der Waals surface area (Å²) in [7, 11) is 0. The standard InChI is InChI=1S/C22H29F5O2/c1-18-11-13(12-28)3-4-14(18)5-6-15-16(18)7-9-19(2)17(15)8-10-20(19,29)21(23,24)22(25,26)27/h3,12,14-17,29H,4-11H2,1-2H3/t14?,15-,16-,17+,18+,19+,20?/m1/s1. The summed E-state index contributed by atoms with van der Waals surface area (Å²) < 4.78 is 68.6. The van der Waals surface area contributed by atoms with Crippen LogP contribution < -0.4 is 0 Å². The number of aldehydes is 1. The van der Waals surface area contributed by atoms with Gasteiger partial charge in [-0.3, -0.25) is 4.79 Å². The molecule has 0 aliphatic heterocycles. The zero-order chi connectivity index (χ0) is 21.5. The van der Waals surface area contributed by atoms with Crippen LogP contribution in [0, 0.1) is 34.5 Å². The van der Waals surface area contributed by atoms with E-state index in [0.717, 1.165) is 31.1 Å². The Bertz CT molecular complexity index is 731. The number of rotatable bonds is 2. The molecule has 0 aromatic carbocycles. The van der Waals surface area contributed by atoms with E-state index in [0.29, 0.717) is 18.8 Å². The van der Waals surface area contributed by atoms with Crippen molar-refractivity contribution in [3.05, 3.63) is 11.6 Å². The molecule has 7 atom stereocenters. The van der Waals surface area contributed by atoms with Crippen molar-refractivity contribution in [2.45, 2.75) is 82.9 Å². The summed E-state index contributed by atoms with van der Waals surface area (Å²) in [6, 6.07) is 0. The summed E-state index contributed by atoms with van der Waals surface area (Å²) >= 11 is 0. The summed E-state index contributed by atoms with van der Waals surface area (Å²) in [5, 5.41) is 10.9. The van der Waals surface area contributed by atoms with E-state index in [2.05, 4.69) is 6.92 Å². The Balaban J connectivity index is 1.68. The first-order valence-corrected chi connectivity index (χ1v) is 10.6. The van der Waals surface area contributed by atoms with Crippen LogP contribution >= 0.6 is 0 Å². The molecule has 2 nitrogen and oxygen atoms in total. The highest BCUT2D eigenvalue weighted by molar-refractivity contribution is 5.73. The predicted octanol–water partition coefficient (Wildman–Crippen LogP) is 5.69. The Morgan fingerprint density at radius 1 is 1.03 bits per heavy atom. The lowest BCUT2D eigenvalue weighted by Crippen LogP contribution is -2.65. The van der Waals surface area contributed by atoms with E-state index < -0.39 is 29.5 Å². The minimum atomic E-state index is -5.77. The number of alkyl halides is 5. The van der Waals surface area contributed by atoms with Crippen molar-refractivity contribution in [2.75, 3.05) is 0 Å². The van der Waals surface area contributed by atoms with Gasteiger partial charge in [-0.1, -0.05) is 19.9 Å². The van der Waals surface area contributed by atoms with Crippen LogP contribution in [0.3, 0.4) is 0 Å². The van der Waals surface area contributed by atoms with Crippen molar-refractivity contribution in [3.8, 4) is 0 Å². The second kappa shape index (κ2) is 6.27. The lowest BCUT2D eigenvalue weighted by atomic mass is 9.44. The highest BCUT2D eigenvalue weighted by Gasteiger charge is 2.79. The van der Waals surface area contributed by atoms with E-state index >= 15 is 0 Å². The molecule has 29 heavy (non-hydrogen) atoms. The quantitative estimate of drug-likeness (QED) is 0.460. The van der Waals surface area contributed by atoms with Crippen LogP contribution in [0.5, 0.6) is 0 Å². The van der Waals surface area contributed by atoms with Crippen molar-refractivity contribution in [2.24, 2.45) is 34.5 Å². The fourth-order valence-electron chi connectivity index (χ4n) is 7.86. The number of halogens is 5. The van der Waals surface area contributed by atoms with Gasteiger partial charge in [0, 0.05) is 5.41 Å². The average molecular weight is 420 g/mol. The Morgan fingerprint density at radius 2 is 1.69 bits per heavy atom. The molecular formula is C22H29F5O2. The number of carbonyl (C=O) groups excluding carboxylic acids is 1. The summed E-state index contributed by atoms with van der Waals surface area (Å²) in [6.45, 7) is 3.62. The molecule has 2 unspecified atom stereocenters. The Kier molecular flexibility index (Phi) is 4.60. The van der Waals surface area contributed by atoms with E-state index in [-0.39, 0.29) is 36.0 Å². The SMILES string of the molecule is C[C@]12CC(C=O)=CCC1CC[C@@H]1[C@H]2CC[C@@]2(C)[C@H]1CCC2(O)C(F)(F)C(F)(F)F. The van der Waals surface area contributed by atoms with Gasteiger partial charge in [0.15, 0.2) is 0 Å². The van der Waals surface area contributed by atoms with Gasteiger partial charge in [0.25, 0.3) is 0 Å². The summed E-state index contributed by atoms with van der Waals surface area (Å²) in [5.74, 6) is -4.88. The van der Waals surface area contributed by atoms with Crippen LogP contribution in [-0.2, 0) is 4.79 Å². The van der Waals surface area contributed by atoms with Crippen molar-refractivity contribution in [3.63, 3.8) is 0 Å². The maximum atomic E-state index is 14.5. The normalized spacial score (nSPS) is 47.7. The lowest BCUT2D eigenvalue weighted by molar-refractivity contribution is -0.364. The summed E-state index contributed by atoms with van der Waals surface area (Å²) in [6.07, 6.45) is 0.607. The third-order valence-electron chi connectivity index (χ3n) is 9.49. The van der Waals surface area contributed by atoms with Crippen molar-refractivity contribution < 1.29 is 31.9 Å². The third-order valence-corrected chi connectivity index (χ3v) is 9.49. The molecule has 0 spiro atoms. The fraction of sp³-hybridized carbons (Fsp3) is 0.864. The number of carbonyl (C=O) groups is 1. The minimum absolute atomic E-state index is 0.0130. The number of fused-ring (bicyclic) bond motifs is 5. The van der Waals surface area contributed by atoms with E-state index in [4.69, 9.17) is 0 Å². The lowest BCUT2D eigenvalue weighted by Gasteiger charge is -2.61. The Morgan fingerprint density at radius 3 is 2.31 bits per heavy atom. The molecule has 3 fully saturated rings. The Hall–Kier alpha value is -0.980. The first kappa shape index (κ1) is 21.3. The largest absolute Gasteiger partial charge is 0.456 e. The minimum Gasteiger partial charge on any atom is -0.383 e. The molecule has 4 rings (SSSR count). The van der Waals surface area contributed by atoms with Crippen LogP contribution in [0.2, 0.25) is 0 Å². The fourth-order valence-corrected chi connectivity index (χ4v) is 7.86. The molecule has 7 heteroatoms. The second-order valence-electron chi connectivity index (χ2n) is 10.4. The van der Waals surface area contributed by atoms with Crippen LogP contribution in [0.1, 0.15) is 65.2 Å². The molecule has 0 amide bonds. The van der Waals surface area contributed by atoms with Crippen molar-refractivity contribution in [1.29, 1.82) is 0 Å². The average Bonchev–Trinajstić information content (AvgIpc) is 2.92. The van der Waals surface area contributed by atoms with Gasteiger partial charge in [-0.15, -0.1) is 0 Å². The van der Waals surface area contributed by atoms with Crippen molar-refractivity contribution in [1.82, 2.24) is 0 Å². The molecule has 3 saturated carbocycles. The predicted molar refractivity (Wildman–Crippen MR) is 97.2 cm³/mol. The van der Waals surface area contributed by atoms with Gasteiger partial charge in [-0.2, -0.15) is 22.0 Å². The first-order valence-electron chi connectivity index (χ1n) is 10.6. The molecule has 4 aliphatic carbocycles. The van der Waals surface area contributed by atoms with Crippen molar-refractivity contribution >= 4 is 6.29 Å². The molecule has 0 saturated heterocycles. The highest BCUT2D eigenvalue weighted by atomic mass is 19.4. The number of aliphatic hydroxyl groups is 1. The molecule has 0 radical (unpaired) electrons. The number of hydrogen-bond acceptors (Lipinski definition) is 2. The van der Waals surface area contributed by atoms with E-state index in [1.54, 1.807) is 0 Å². The van der Waals surface area contributed by atoms with Gasteiger partial charge in [0.2, 0.25) is 0 Å². The van der Waals surface area contributed by atoms with Gasteiger partial charge in [-0.05, 0) is 86.0 Å². The molecular weight excluding hydrogens is 391 g/mol. The van der Waals surface area contributed by atoms with Gasteiger partial charge in [-0.25, -0.2) is 0 Å². The molecule has 0 aromatic heterocycles. The molecule has 0 bridgehead atoms. The van der Waals surface area contributed by atoms with Gasteiger partial charge in [0.05, 0.1) is 0 Å². The molecule has 0 aromatic rings. The van der Waals surface area contributed by atoms with E-state index in [1.165, 1.54) is 6.92 Å². The second-order valence-corrected chi connectivity index (χ2v) is 10.4. The monoisotopic (exact) mass is 420 g/mol. The van der Waals surface area contributed by atoms with Crippen LogP contribution in [0.4, 0.5) is 22.0 Å². The zero-order valence-electron chi connectivity index (χ0n) is 16.9. The smallest absolute Gasteiger partial charge is 0.383 e. The van der Waals surface area contributed by atoms with Crippen LogP contribution in [0.25, 0.3) is 0 Å². The van der Waals surface area contributed by atoms with Gasteiger partial charge < -0.3 is 5.11 Å². The topological polar surface area (TPSA) is 37.3 Å². The highest BCUT2D eigenvalue weighted by Crippen LogP contribution is 2.71. The third kappa shape index (κ3) is 2.58.